The first-order chi connectivity index (χ1) is 15.0. The Morgan fingerprint density at radius 3 is 2.29 bits per heavy atom. The van der Waals surface area contributed by atoms with Gasteiger partial charge in [-0.3, -0.25) is 9.69 Å². The molecule has 3 N–H and O–H groups in total. The Balaban J connectivity index is 1.32. The van der Waals surface area contributed by atoms with E-state index in [-0.39, 0.29) is 17.4 Å². The minimum Gasteiger partial charge on any atom is -0.465 e. The van der Waals surface area contributed by atoms with Gasteiger partial charge in [0.05, 0.1) is 0 Å². The maximum absolute atomic E-state index is 13.7. The van der Waals surface area contributed by atoms with E-state index in [0.29, 0.717) is 18.4 Å². The molecule has 1 atom stereocenters. The van der Waals surface area contributed by atoms with Gasteiger partial charge in [-0.15, -0.1) is 0 Å². The van der Waals surface area contributed by atoms with Crippen molar-refractivity contribution in [3.63, 3.8) is 0 Å². The molecule has 1 unspecified atom stereocenters. The number of carbonyl (C=O) groups is 2. The van der Waals surface area contributed by atoms with E-state index in [1.807, 2.05) is 18.2 Å². The molecule has 0 radical (unpaired) electrons. The standard InChI is InChI=1S/C25H33N3O3/c29-23(27-21-17-10-15-9-16(12-17)13-18(21)11-15)22-19-3-1-2-4-20(19)25(5-7-26-8-6-25)14-28(22)24(30)31/h1-4,15-18,21-22,26H,5-14H2,(H,27,29)(H,30,31). The van der Waals surface area contributed by atoms with Crippen molar-refractivity contribution in [2.75, 3.05) is 19.6 Å². The third-order valence-electron chi connectivity index (χ3n) is 9.20. The molecule has 0 aromatic heterocycles. The molecular formula is C25H33N3O3. The third-order valence-corrected chi connectivity index (χ3v) is 9.20. The van der Waals surface area contributed by atoms with E-state index >= 15 is 0 Å². The Kier molecular flexibility index (Phi) is 4.57. The molecule has 2 amide bonds. The normalized spacial score (nSPS) is 37.5. The van der Waals surface area contributed by atoms with E-state index in [0.717, 1.165) is 43.3 Å². The summed E-state index contributed by atoms with van der Waals surface area (Å²) >= 11 is 0. The van der Waals surface area contributed by atoms with Crippen molar-refractivity contribution in [2.45, 2.75) is 62.4 Å². The van der Waals surface area contributed by atoms with Gasteiger partial charge in [0, 0.05) is 18.0 Å². The minimum absolute atomic E-state index is 0.115. The molecular weight excluding hydrogens is 390 g/mol. The highest BCUT2D eigenvalue weighted by Crippen LogP contribution is 2.54. The molecule has 7 rings (SSSR count). The van der Waals surface area contributed by atoms with Crippen molar-refractivity contribution in [2.24, 2.45) is 23.7 Å². The number of piperidine rings is 1. The number of hydrogen-bond acceptors (Lipinski definition) is 3. The quantitative estimate of drug-likeness (QED) is 0.682. The number of fused-ring (bicyclic) bond motifs is 2. The molecule has 6 aliphatic rings. The first-order valence-corrected chi connectivity index (χ1v) is 12.1. The van der Waals surface area contributed by atoms with Crippen molar-refractivity contribution in [3.8, 4) is 0 Å². The Morgan fingerprint density at radius 2 is 1.65 bits per heavy atom. The van der Waals surface area contributed by atoms with E-state index in [4.69, 9.17) is 0 Å². The first-order valence-electron chi connectivity index (χ1n) is 12.1. The van der Waals surface area contributed by atoms with Gasteiger partial charge >= 0.3 is 6.09 Å². The molecule has 1 spiro atoms. The molecule has 31 heavy (non-hydrogen) atoms. The highest BCUT2D eigenvalue weighted by atomic mass is 16.4. The Hall–Kier alpha value is -2.08. The van der Waals surface area contributed by atoms with Crippen LogP contribution in [0.25, 0.3) is 0 Å². The summed E-state index contributed by atoms with van der Waals surface area (Å²) in [4.78, 5) is 27.5. The molecule has 1 saturated heterocycles. The Labute approximate surface area is 183 Å². The van der Waals surface area contributed by atoms with Crippen LogP contribution in [0.5, 0.6) is 0 Å². The summed E-state index contributed by atoms with van der Waals surface area (Å²) in [6.07, 6.45) is 7.13. The fraction of sp³-hybridized carbons (Fsp3) is 0.680. The summed E-state index contributed by atoms with van der Waals surface area (Å²) in [5.74, 6) is 2.74. The number of benzene rings is 1. The molecule has 6 heteroatoms. The number of carboxylic acid groups (broad SMARTS) is 1. The predicted octanol–water partition coefficient (Wildman–Crippen LogP) is 3.28. The molecule has 4 aliphatic carbocycles. The number of hydrogen-bond donors (Lipinski definition) is 3. The third kappa shape index (κ3) is 3.09. The van der Waals surface area contributed by atoms with Crippen LogP contribution in [0.1, 0.15) is 62.1 Å². The minimum atomic E-state index is -0.988. The van der Waals surface area contributed by atoms with Gasteiger partial charge in [-0.05, 0) is 92.8 Å². The number of rotatable bonds is 2. The fourth-order valence-corrected chi connectivity index (χ4v) is 8.09. The van der Waals surface area contributed by atoms with Gasteiger partial charge in [0.2, 0.25) is 5.91 Å². The second kappa shape index (κ2) is 7.22. The van der Waals surface area contributed by atoms with Crippen molar-refractivity contribution >= 4 is 12.0 Å². The van der Waals surface area contributed by atoms with Gasteiger partial charge in [0.15, 0.2) is 0 Å². The van der Waals surface area contributed by atoms with Gasteiger partial charge in [-0.1, -0.05) is 24.3 Å². The summed E-state index contributed by atoms with van der Waals surface area (Å²) in [5, 5.41) is 16.9. The summed E-state index contributed by atoms with van der Waals surface area (Å²) in [6, 6.07) is 7.57. The number of nitrogens with one attached hydrogen (secondary N) is 2. The molecule has 1 aromatic carbocycles. The molecule has 4 saturated carbocycles. The first kappa shape index (κ1) is 19.6. The lowest BCUT2D eigenvalue weighted by molar-refractivity contribution is -0.131. The van der Waals surface area contributed by atoms with E-state index < -0.39 is 12.1 Å². The number of carbonyl (C=O) groups excluding carboxylic acids is 1. The maximum Gasteiger partial charge on any atom is 0.408 e. The van der Waals surface area contributed by atoms with Crippen LogP contribution in [0.4, 0.5) is 4.79 Å². The van der Waals surface area contributed by atoms with Crippen molar-refractivity contribution in [1.29, 1.82) is 0 Å². The van der Waals surface area contributed by atoms with Crippen LogP contribution in [0.15, 0.2) is 24.3 Å². The fourth-order valence-electron chi connectivity index (χ4n) is 8.09. The topological polar surface area (TPSA) is 81.7 Å². The van der Waals surface area contributed by atoms with E-state index in [1.165, 1.54) is 42.6 Å². The van der Waals surface area contributed by atoms with Gasteiger partial charge in [-0.2, -0.15) is 0 Å². The zero-order valence-electron chi connectivity index (χ0n) is 18.1. The number of nitrogens with zero attached hydrogens (tertiary/aromatic N) is 1. The van der Waals surface area contributed by atoms with Crippen LogP contribution in [0.2, 0.25) is 0 Å². The Bertz CT molecular complexity index is 866. The van der Waals surface area contributed by atoms with Crippen LogP contribution < -0.4 is 10.6 Å². The average molecular weight is 424 g/mol. The highest BCUT2D eigenvalue weighted by Gasteiger charge is 2.51. The Morgan fingerprint density at radius 1 is 1.00 bits per heavy atom. The second-order valence-electron chi connectivity index (χ2n) is 10.9. The molecule has 166 valence electrons. The van der Waals surface area contributed by atoms with Gasteiger partial charge < -0.3 is 15.7 Å². The SMILES string of the molecule is O=C(NC1C2CC3CC(C2)CC1C3)C1c2ccccc2C2(CCNCC2)CN1C(=O)O. The van der Waals surface area contributed by atoms with E-state index in [2.05, 4.69) is 16.7 Å². The lowest BCUT2D eigenvalue weighted by Crippen LogP contribution is -2.60. The molecule has 5 fully saturated rings. The van der Waals surface area contributed by atoms with E-state index in [1.54, 1.807) is 0 Å². The lowest BCUT2D eigenvalue weighted by Gasteiger charge is -2.55. The van der Waals surface area contributed by atoms with Crippen LogP contribution in [-0.4, -0.2) is 47.7 Å². The average Bonchev–Trinajstić information content (AvgIpc) is 2.76. The lowest BCUT2D eigenvalue weighted by atomic mass is 9.54. The summed E-state index contributed by atoms with van der Waals surface area (Å²) in [5.41, 5.74) is 1.87. The second-order valence-corrected chi connectivity index (χ2v) is 10.9. The van der Waals surface area contributed by atoms with E-state index in [9.17, 15) is 14.7 Å². The summed E-state index contributed by atoms with van der Waals surface area (Å²) in [6.45, 7) is 2.17. The predicted molar refractivity (Wildman–Crippen MR) is 117 cm³/mol. The summed E-state index contributed by atoms with van der Waals surface area (Å²) in [7, 11) is 0. The zero-order chi connectivity index (χ0) is 21.2. The summed E-state index contributed by atoms with van der Waals surface area (Å²) < 4.78 is 0. The van der Waals surface area contributed by atoms with Crippen molar-refractivity contribution in [1.82, 2.24) is 15.5 Å². The van der Waals surface area contributed by atoms with Crippen LogP contribution >= 0.6 is 0 Å². The smallest absolute Gasteiger partial charge is 0.408 e. The van der Waals surface area contributed by atoms with Gasteiger partial charge in [-0.25, -0.2) is 4.79 Å². The van der Waals surface area contributed by atoms with Gasteiger partial charge in [0.1, 0.15) is 6.04 Å². The largest absolute Gasteiger partial charge is 0.465 e. The van der Waals surface area contributed by atoms with Crippen LogP contribution in [-0.2, 0) is 10.2 Å². The van der Waals surface area contributed by atoms with Crippen LogP contribution in [0.3, 0.4) is 0 Å². The van der Waals surface area contributed by atoms with Crippen molar-refractivity contribution < 1.29 is 14.7 Å². The number of amides is 2. The molecule has 4 bridgehead atoms. The zero-order valence-corrected chi connectivity index (χ0v) is 18.1. The monoisotopic (exact) mass is 423 g/mol. The molecule has 6 nitrogen and oxygen atoms in total. The van der Waals surface area contributed by atoms with Gasteiger partial charge in [0.25, 0.3) is 0 Å². The van der Waals surface area contributed by atoms with Crippen molar-refractivity contribution in [3.05, 3.63) is 35.4 Å². The molecule has 1 aromatic rings. The molecule has 2 aliphatic heterocycles. The molecule has 2 heterocycles. The van der Waals surface area contributed by atoms with Crippen LogP contribution in [0, 0.1) is 23.7 Å². The highest BCUT2D eigenvalue weighted by molar-refractivity contribution is 5.88. The maximum atomic E-state index is 13.7.